The summed E-state index contributed by atoms with van der Waals surface area (Å²) in [5.74, 6) is 0.802. The molecule has 102 valence electrons. The number of rotatable bonds is 4. The maximum atomic E-state index is 10.4. The maximum absolute atomic E-state index is 10.4. The Morgan fingerprint density at radius 3 is 2.79 bits per heavy atom. The molecule has 0 aliphatic heterocycles. The Morgan fingerprint density at radius 1 is 1.37 bits per heavy atom. The summed E-state index contributed by atoms with van der Waals surface area (Å²) >= 11 is 3.48. The van der Waals surface area contributed by atoms with Gasteiger partial charge in [-0.15, -0.1) is 0 Å². The Morgan fingerprint density at radius 2 is 2.11 bits per heavy atom. The summed E-state index contributed by atoms with van der Waals surface area (Å²) in [6, 6.07) is 6.20. The number of benzene rings is 1. The van der Waals surface area contributed by atoms with Crippen LogP contribution < -0.4 is 0 Å². The lowest BCUT2D eigenvalue weighted by molar-refractivity contribution is 0.172. The molecule has 1 unspecified atom stereocenters. The van der Waals surface area contributed by atoms with Crippen LogP contribution in [0.3, 0.4) is 0 Å². The first kappa shape index (κ1) is 14.2. The Balaban J connectivity index is 2.23. The van der Waals surface area contributed by atoms with Crippen molar-refractivity contribution in [3.05, 3.63) is 46.0 Å². The van der Waals surface area contributed by atoms with Gasteiger partial charge in [0.15, 0.2) is 0 Å². The van der Waals surface area contributed by atoms with E-state index in [1.54, 1.807) is 0 Å². The molecule has 4 nitrogen and oxygen atoms in total. The predicted molar refractivity (Wildman–Crippen MR) is 77.9 cm³/mol. The van der Waals surface area contributed by atoms with Crippen molar-refractivity contribution >= 4 is 15.9 Å². The second-order valence-electron chi connectivity index (χ2n) is 4.96. The smallest absolute Gasteiger partial charge is 0.138 e. The van der Waals surface area contributed by atoms with Gasteiger partial charge >= 0.3 is 0 Å². The van der Waals surface area contributed by atoms with Gasteiger partial charge in [0.05, 0.1) is 6.10 Å². The van der Waals surface area contributed by atoms with Gasteiger partial charge in [0.25, 0.3) is 0 Å². The SMILES string of the molecule is Cc1ccc(Br)c(C(O)Cc2ncnn2C(C)C)c1. The van der Waals surface area contributed by atoms with E-state index < -0.39 is 6.10 Å². The van der Waals surface area contributed by atoms with Gasteiger partial charge in [0.2, 0.25) is 0 Å². The first-order valence-corrected chi connectivity index (χ1v) is 7.11. The number of aryl methyl sites for hydroxylation is 1. The second-order valence-corrected chi connectivity index (χ2v) is 5.81. The molecule has 5 heteroatoms. The van der Waals surface area contributed by atoms with E-state index in [1.807, 2.05) is 43.7 Å². The summed E-state index contributed by atoms with van der Waals surface area (Å²) < 4.78 is 2.76. The van der Waals surface area contributed by atoms with E-state index in [4.69, 9.17) is 0 Å². The zero-order chi connectivity index (χ0) is 14.0. The molecule has 0 aliphatic rings. The van der Waals surface area contributed by atoms with E-state index in [0.717, 1.165) is 21.4 Å². The average molecular weight is 324 g/mol. The van der Waals surface area contributed by atoms with Crippen LogP contribution in [0, 0.1) is 6.92 Å². The third kappa shape index (κ3) is 3.22. The molecule has 1 aromatic carbocycles. The van der Waals surface area contributed by atoms with Crippen molar-refractivity contribution in [2.75, 3.05) is 0 Å². The van der Waals surface area contributed by atoms with Gasteiger partial charge in [-0.3, -0.25) is 0 Å². The number of aliphatic hydroxyl groups excluding tert-OH is 1. The van der Waals surface area contributed by atoms with Gasteiger partial charge in [0, 0.05) is 16.9 Å². The van der Waals surface area contributed by atoms with E-state index in [2.05, 4.69) is 26.0 Å². The van der Waals surface area contributed by atoms with Crippen molar-refractivity contribution in [2.45, 2.75) is 39.3 Å². The fraction of sp³-hybridized carbons (Fsp3) is 0.429. The molecule has 0 spiro atoms. The highest BCUT2D eigenvalue weighted by molar-refractivity contribution is 9.10. The summed E-state index contributed by atoms with van der Waals surface area (Å²) in [4.78, 5) is 4.23. The highest BCUT2D eigenvalue weighted by atomic mass is 79.9. The van der Waals surface area contributed by atoms with Crippen molar-refractivity contribution in [3.63, 3.8) is 0 Å². The van der Waals surface area contributed by atoms with Crippen LogP contribution in [0.15, 0.2) is 29.0 Å². The van der Waals surface area contributed by atoms with E-state index >= 15 is 0 Å². The summed E-state index contributed by atoms with van der Waals surface area (Å²) in [6.45, 7) is 6.11. The minimum Gasteiger partial charge on any atom is -0.388 e. The molecular formula is C14H18BrN3O. The van der Waals surface area contributed by atoms with Crippen LogP contribution in [0.2, 0.25) is 0 Å². The minimum atomic E-state index is -0.587. The van der Waals surface area contributed by atoms with Gasteiger partial charge in [0.1, 0.15) is 12.2 Å². The first-order chi connectivity index (χ1) is 8.99. The van der Waals surface area contributed by atoms with Gasteiger partial charge < -0.3 is 5.11 Å². The van der Waals surface area contributed by atoms with Crippen LogP contribution in [0.1, 0.15) is 42.9 Å². The lowest BCUT2D eigenvalue weighted by Gasteiger charge is -2.15. The summed E-state index contributed by atoms with van der Waals surface area (Å²) in [5.41, 5.74) is 2.01. The van der Waals surface area contributed by atoms with Crippen molar-refractivity contribution < 1.29 is 5.11 Å². The van der Waals surface area contributed by atoms with Crippen molar-refractivity contribution in [1.29, 1.82) is 0 Å². The van der Waals surface area contributed by atoms with E-state index in [1.165, 1.54) is 6.33 Å². The van der Waals surface area contributed by atoms with Gasteiger partial charge in [-0.05, 0) is 32.4 Å². The Labute approximate surface area is 121 Å². The number of aliphatic hydroxyl groups is 1. The highest BCUT2D eigenvalue weighted by Gasteiger charge is 2.16. The largest absolute Gasteiger partial charge is 0.388 e. The zero-order valence-corrected chi connectivity index (χ0v) is 12.9. The quantitative estimate of drug-likeness (QED) is 0.939. The lowest BCUT2D eigenvalue weighted by atomic mass is 10.0. The molecule has 1 heterocycles. The number of halogens is 1. The molecule has 19 heavy (non-hydrogen) atoms. The monoisotopic (exact) mass is 323 g/mol. The lowest BCUT2D eigenvalue weighted by Crippen LogP contribution is -2.12. The molecule has 1 aromatic heterocycles. The molecule has 1 atom stereocenters. The summed E-state index contributed by atoms with van der Waals surface area (Å²) in [7, 11) is 0. The number of hydrogen-bond acceptors (Lipinski definition) is 3. The van der Waals surface area contributed by atoms with E-state index in [-0.39, 0.29) is 6.04 Å². The molecule has 0 saturated heterocycles. The highest BCUT2D eigenvalue weighted by Crippen LogP contribution is 2.27. The molecule has 0 saturated carbocycles. The molecule has 0 amide bonds. The van der Waals surface area contributed by atoms with Crippen LogP contribution in [-0.2, 0) is 6.42 Å². The topological polar surface area (TPSA) is 50.9 Å². The molecule has 2 aromatic rings. The summed E-state index contributed by atoms with van der Waals surface area (Å²) in [6.07, 6.45) is 1.41. The van der Waals surface area contributed by atoms with Crippen LogP contribution in [0.4, 0.5) is 0 Å². The first-order valence-electron chi connectivity index (χ1n) is 6.31. The fourth-order valence-corrected chi connectivity index (χ4v) is 2.56. The van der Waals surface area contributed by atoms with Crippen molar-refractivity contribution in [3.8, 4) is 0 Å². The van der Waals surface area contributed by atoms with Crippen LogP contribution in [0.25, 0.3) is 0 Å². The third-order valence-electron chi connectivity index (χ3n) is 3.02. The van der Waals surface area contributed by atoms with Gasteiger partial charge in [-0.25, -0.2) is 9.67 Å². The average Bonchev–Trinajstić information content (AvgIpc) is 2.80. The standard InChI is InChI=1S/C14H18BrN3O/c1-9(2)18-14(16-8-17-18)7-13(19)11-6-10(3)4-5-12(11)15/h4-6,8-9,13,19H,7H2,1-3H3. The van der Waals surface area contributed by atoms with Crippen LogP contribution in [-0.4, -0.2) is 19.9 Å². The molecular weight excluding hydrogens is 306 g/mol. The summed E-state index contributed by atoms with van der Waals surface area (Å²) in [5, 5.41) is 14.6. The second kappa shape index (κ2) is 5.84. The third-order valence-corrected chi connectivity index (χ3v) is 3.74. The van der Waals surface area contributed by atoms with Crippen molar-refractivity contribution in [1.82, 2.24) is 14.8 Å². The normalized spacial score (nSPS) is 12.9. The van der Waals surface area contributed by atoms with E-state index in [0.29, 0.717) is 6.42 Å². The van der Waals surface area contributed by atoms with Gasteiger partial charge in [-0.2, -0.15) is 5.10 Å². The molecule has 0 fully saturated rings. The minimum absolute atomic E-state index is 0.241. The number of aromatic nitrogens is 3. The van der Waals surface area contributed by atoms with E-state index in [9.17, 15) is 5.11 Å². The maximum Gasteiger partial charge on any atom is 0.138 e. The van der Waals surface area contributed by atoms with Crippen LogP contribution >= 0.6 is 15.9 Å². The Kier molecular flexibility index (Phi) is 4.37. The number of nitrogens with zero attached hydrogens (tertiary/aromatic N) is 3. The Hall–Kier alpha value is -1.20. The molecule has 0 bridgehead atoms. The molecule has 0 radical (unpaired) electrons. The molecule has 0 aliphatic carbocycles. The molecule has 2 rings (SSSR count). The molecule has 1 N–H and O–H groups in total. The number of hydrogen-bond donors (Lipinski definition) is 1. The Bertz CT molecular complexity index is 566. The fourth-order valence-electron chi connectivity index (χ4n) is 2.05. The van der Waals surface area contributed by atoms with Crippen LogP contribution in [0.5, 0.6) is 0 Å². The van der Waals surface area contributed by atoms with Gasteiger partial charge in [-0.1, -0.05) is 33.6 Å². The zero-order valence-electron chi connectivity index (χ0n) is 11.3. The predicted octanol–water partition coefficient (Wildman–Crippen LogP) is 3.21. The van der Waals surface area contributed by atoms with Crippen molar-refractivity contribution in [2.24, 2.45) is 0 Å².